The average molecular weight is 319 g/mol. The molecule has 0 bridgehead atoms. The van der Waals surface area contributed by atoms with E-state index in [0.717, 1.165) is 6.54 Å². The smallest absolute Gasteiger partial charge is 0.269 e. The number of hydrogen-bond acceptors (Lipinski definition) is 4. The first kappa shape index (κ1) is 17.4. The Kier molecular flexibility index (Phi) is 7.00. The Morgan fingerprint density at radius 1 is 1.17 bits per heavy atom. The highest BCUT2D eigenvalue weighted by molar-refractivity contribution is 5.78. The molecule has 6 heteroatoms. The first-order chi connectivity index (χ1) is 11.1. The molecule has 1 aliphatic carbocycles. The molecule has 0 heterocycles. The van der Waals surface area contributed by atoms with E-state index in [0.29, 0.717) is 18.2 Å². The third-order valence-corrected chi connectivity index (χ3v) is 4.22. The van der Waals surface area contributed by atoms with Crippen LogP contribution in [-0.4, -0.2) is 30.0 Å². The molecule has 2 N–H and O–H groups in total. The largest absolute Gasteiger partial charge is 0.355 e. The quantitative estimate of drug-likeness (QED) is 0.350. The van der Waals surface area contributed by atoms with Crippen LogP contribution in [0, 0.1) is 10.1 Å². The van der Waals surface area contributed by atoms with Crippen molar-refractivity contribution in [1.29, 1.82) is 0 Å². The van der Waals surface area contributed by atoms with E-state index in [4.69, 9.17) is 0 Å². The molecule has 23 heavy (non-hydrogen) atoms. The van der Waals surface area contributed by atoms with E-state index in [1.807, 2.05) is 0 Å². The van der Waals surface area contributed by atoms with Crippen LogP contribution in [0.3, 0.4) is 0 Å². The Morgan fingerprint density at radius 2 is 1.91 bits per heavy atom. The van der Waals surface area contributed by atoms with Crippen molar-refractivity contribution in [3.8, 4) is 0 Å². The highest BCUT2D eigenvalue weighted by atomic mass is 16.6. The molecular formula is C17H25N3O3. The fourth-order valence-electron chi connectivity index (χ4n) is 2.99. The van der Waals surface area contributed by atoms with Crippen LogP contribution in [0.1, 0.15) is 44.1 Å². The van der Waals surface area contributed by atoms with Gasteiger partial charge in [0.25, 0.3) is 5.69 Å². The predicted octanol–water partition coefficient (Wildman–Crippen LogP) is 2.57. The molecule has 2 rings (SSSR count). The molecule has 1 aromatic carbocycles. The molecule has 1 amide bonds. The highest BCUT2D eigenvalue weighted by Crippen LogP contribution is 2.17. The first-order valence-electron chi connectivity index (χ1n) is 8.38. The molecule has 0 saturated heterocycles. The van der Waals surface area contributed by atoms with Crippen LogP contribution in [0.15, 0.2) is 24.3 Å². The van der Waals surface area contributed by atoms with Gasteiger partial charge in [-0.05, 0) is 18.4 Å². The van der Waals surface area contributed by atoms with Crippen LogP contribution in [0.4, 0.5) is 5.69 Å². The van der Waals surface area contributed by atoms with Gasteiger partial charge in [0.05, 0.1) is 11.3 Å². The summed E-state index contributed by atoms with van der Waals surface area (Å²) in [7, 11) is 0. The predicted molar refractivity (Wildman–Crippen MR) is 89.3 cm³/mol. The molecule has 1 saturated carbocycles. The molecule has 0 unspecified atom stereocenters. The van der Waals surface area contributed by atoms with Crippen LogP contribution in [0.5, 0.6) is 0 Å². The maximum atomic E-state index is 11.9. The summed E-state index contributed by atoms with van der Waals surface area (Å²) < 4.78 is 0. The van der Waals surface area contributed by atoms with E-state index in [1.165, 1.54) is 50.7 Å². The van der Waals surface area contributed by atoms with Crippen LogP contribution >= 0.6 is 0 Å². The molecule has 0 radical (unpaired) electrons. The van der Waals surface area contributed by atoms with Crippen molar-refractivity contribution in [2.24, 2.45) is 0 Å². The maximum Gasteiger partial charge on any atom is 0.269 e. The zero-order chi connectivity index (χ0) is 16.5. The lowest BCUT2D eigenvalue weighted by Gasteiger charge is -2.16. The molecule has 0 aromatic heterocycles. The Morgan fingerprint density at radius 3 is 2.61 bits per heavy atom. The maximum absolute atomic E-state index is 11.9. The molecule has 0 spiro atoms. The summed E-state index contributed by atoms with van der Waals surface area (Å²) in [6.07, 6.45) is 7.86. The number of nitrogens with one attached hydrogen (secondary N) is 2. The highest BCUT2D eigenvalue weighted by Gasteiger charge is 2.11. The van der Waals surface area contributed by atoms with Gasteiger partial charge in [0, 0.05) is 31.3 Å². The third kappa shape index (κ3) is 6.36. The number of non-ortho nitro benzene ring substituents is 1. The molecule has 1 aromatic rings. The lowest BCUT2D eigenvalue weighted by Crippen LogP contribution is -2.37. The Balaban J connectivity index is 1.66. The van der Waals surface area contributed by atoms with E-state index in [9.17, 15) is 14.9 Å². The minimum absolute atomic E-state index is 0.0188. The fourth-order valence-corrected chi connectivity index (χ4v) is 2.99. The van der Waals surface area contributed by atoms with Crippen molar-refractivity contribution in [3.05, 3.63) is 39.9 Å². The van der Waals surface area contributed by atoms with Gasteiger partial charge < -0.3 is 10.6 Å². The average Bonchev–Trinajstić information content (AvgIpc) is 2.80. The van der Waals surface area contributed by atoms with Gasteiger partial charge in [-0.1, -0.05) is 37.8 Å². The topological polar surface area (TPSA) is 84.3 Å². The fraction of sp³-hybridized carbons (Fsp3) is 0.588. The van der Waals surface area contributed by atoms with Crippen LogP contribution in [-0.2, 0) is 11.2 Å². The minimum Gasteiger partial charge on any atom is -0.355 e. The number of rotatable bonds is 7. The Labute approximate surface area is 136 Å². The van der Waals surface area contributed by atoms with Gasteiger partial charge in [0.1, 0.15) is 0 Å². The molecule has 0 atom stereocenters. The molecule has 126 valence electrons. The number of nitro benzene ring substituents is 1. The van der Waals surface area contributed by atoms with Gasteiger partial charge in [-0.2, -0.15) is 0 Å². The second-order valence-electron chi connectivity index (χ2n) is 6.10. The van der Waals surface area contributed by atoms with E-state index >= 15 is 0 Å². The molecule has 6 nitrogen and oxygen atoms in total. The van der Waals surface area contributed by atoms with Gasteiger partial charge in [-0.25, -0.2) is 0 Å². The second-order valence-corrected chi connectivity index (χ2v) is 6.10. The van der Waals surface area contributed by atoms with E-state index in [1.54, 1.807) is 12.1 Å². The van der Waals surface area contributed by atoms with Gasteiger partial charge in [0.15, 0.2) is 0 Å². The Bertz CT molecular complexity index is 526. The zero-order valence-corrected chi connectivity index (χ0v) is 13.4. The molecule has 1 aliphatic rings. The standard InChI is InChI=1S/C17H25N3O3/c21-17(13-14-6-5-9-16(12-14)20(22)23)19-11-10-18-15-7-3-1-2-4-8-15/h5-6,9,12,15,18H,1-4,7-8,10-11,13H2,(H,19,21). The van der Waals surface area contributed by atoms with Crippen molar-refractivity contribution in [1.82, 2.24) is 10.6 Å². The van der Waals surface area contributed by atoms with Gasteiger partial charge in [-0.3, -0.25) is 14.9 Å². The molecular weight excluding hydrogens is 294 g/mol. The summed E-state index contributed by atoms with van der Waals surface area (Å²) in [5, 5.41) is 17.1. The number of carbonyl (C=O) groups excluding carboxylic acids is 1. The summed E-state index contributed by atoms with van der Waals surface area (Å²) in [6.45, 7) is 1.36. The number of amides is 1. The summed E-state index contributed by atoms with van der Waals surface area (Å²) >= 11 is 0. The summed E-state index contributed by atoms with van der Waals surface area (Å²) in [5.41, 5.74) is 0.679. The SMILES string of the molecule is O=C(Cc1cccc([N+](=O)[O-])c1)NCCNC1CCCCCC1. The van der Waals surface area contributed by atoms with Gasteiger partial charge >= 0.3 is 0 Å². The number of nitrogens with zero attached hydrogens (tertiary/aromatic N) is 1. The van der Waals surface area contributed by atoms with Gasteiger partial charge in [0.2, 0.25) is 5.91 Å². The van der Waals surface area contributed by atoms with E-state index in [2.05, 4.69) is 10.6 Å². The number of carbonyl (C=O) groups is 1. The monoisotopic (exact) mass is 319 g/mol. The number of hydrogen-bond donors (Lipinski definition) is 2. The van der Waals surface area contributed by atoms with Crippen LogP contribution in [0.25, 0.3) is 0 Å². The summed E-state index contributed by atoms with van der Waals surface area (Å²) in [6, 6.07) is 6.79. The van der Waals surface area contributed by atoms with Crippen molar-refractivity contribution in [2.45, 2.75) is 51.0 Å². The lowest BCUT2D eigenvalue weighted by molar-refractivity contribution is -0.384. The minimum atomic E-state index is -0.446. The summed E-state index contributed by atoms with van der Waals surface area (Å²) in [4.78, 5) is 22.2. The van der Waals surface area contributed by atoms with Gasteiger partial charge in [-0.15, -0.1) is 0 Å². The van der Waals surface area contributed by atoms with Crippen molar-refractivity contribution in [3.63, 3.8) is 0 Å². The summed E-state index contributed by atoms with van der Waals surface area (Å²) in [5.74, 6) is -0.104. The second kappa shape index (κ2) is 9.25. The number of benzene rings is 1. The van der Waals surface area contributed by atoms with Crippen molar-refractivity contribution >= 4 is 11.6 Å². The number of nitro groups is 1. The molecule has 0 aliphatic heterocycles. The van der Waals surface area contributed by atoms with E-state index < -0.39 is 4.92 Å². The Hall–Kier alpha value is -1.95. The first-order valence-corrected chi connectivity index (χ1v) is 8.38. The van der Waals surface area contributed by atoms with Crippen molar-refractivity contribution < 1.29 is 9.72 Å². The normalized spacial score (nSPS) is 15.8. The molecule has 1 fully saturated rings. The van der Waals surface area contributed by atoms with E-state index in [-0.39, 0.29) is 18.0 Å². The van der Waals surface area contributed by atoms with Crippen molar-refractivity contribution in [2.75, 3.05) is 13.1 Å². The van der Waals surface area contributed by atoms with Crippen LogP contribution in [0.2, 0.25) is 0 Å². The third-order valence-electron chi connectivity index (χ3n) is 4.22. The zero-order valence-electron chi connectivity index (χ0n) is 13.4. The lowest BCUT2D eigenvalue weighted by atomic mass is 10.1. The van der Waals surface area contributed by atoms with Crippen LogP contribution < -0.4 is 10.6 Å².